The highest BCUT2D eigenvalue weighted by atomic mass is 79.9. The van der Waals surface area contributed by atoms with Crippen molar-refractivity contribution in [1.29, 1.82) is 0 Å². The Morgan fingerprint density at radius 2 is 1.92 bits per heavy atom. The predicted octanol–water partition coefficient (Wildman–Crippen LogP) is 4.48. The van der Waals surface area contributed by atoms with Gasteiger partial charge in [-0.15, -0.1) is 12.4 Å². The summed E-state index contributed by atoms with van der Waals surface area (Å²) in [5.41, 5.74) is 4.31. The smallest absolute Gasteiger partial charge is 0.259 e. The Balaban J connectivity index is 0.00000225. The van der Waals surface area contributed by atoms with Crippen LogP contribution in [0.3, 0.4) is 0 Å². The van der Waals surface area contributed by atoms with Gasteiger partial charge >= 0.3 is 0 Å². The summed E-state index contributed by atoms with van der Waals surface area (Å²) >= 11 is 3.48. The van der Waals surface area contributed by atoms with Crippen molar-refractivity contribution in [2.45, 2.75) is 33.2 Å². The van der Waals surface area contributed by atoms with Gasteiger partial charge in [0.05, 0.1) is 5.56 Å². The van der Waals surface area contributed by atoms with E-state index in [0.717, 1.165) is 39.4 Å². The summed E-state index contributed by atoms with van der Waals surface area (Å²) in [5.74, 6) is 1.30. The number of aromatic nitrogens is 3. The molecule has 25 heavy (non-hydrogen) atoms. The van der Waals surface area contributed by atoms with E-state index in [1.54, 1.807) is 0 Å². The van der Waals surface area contributed by atoms with Gasteiger partial charge in [-0.1, -0.05) is 21.1 Å². The van der Waals surface area contributed by atoms with Gasteiger partial charge in [-0.3, -0.25) is 0 Å². The van der Waals surface area contributed by atoms with E-state index >= 15 is 0 Å². The molecule has 0 fully saturated rings. The number of benzene rings is 1. The van der Waals surface area contributed by atoms with Crippen molar-refractivity contribution >= 4 is 28.3 Å². The molecule has 2 aromatic heterocycles. The second kappa shape index (κ2) is 8.17. The highest BCUT2D eigenvalue weighted by molar-refractivity contribution is 9.10. The summed E-state index contributed by atoms with van der Waals surface area (Å²) in [6, 6.07) is 10.7. The van der Waals surface area contributed by atoms with Gasteiger partial charge in [0.2, 0.25) is 0 Å². The van der Waals surface area contributed by atoms with E-state index in [1.165, 1.54) is 0 Å². The third kappa shape index (κ3) is 4.14. The molecule has 0 aliphatic carbocycles. The van der Waals surface area contributed by atoms with Crippen LogP contribution in [0.2, 0.25) is 0 Å². The van der Waals surface area contributed by atoms with Crippen molar-refractivity contribution in [2.24, 2.45) is 0 Å². The number of rotatable bonds is 5. The second-order valence-corrected chi connectivity index (χ2v) is 6.92. The fraction of sp³-hybridized carbons (Fsp3) is 0.333. The van der Waals surface area contributed by atoms with Crippen molar-refractivity contribution in [1.82, 2.24) is 20.0 Å². The molecule has 0 radical (unpaired) electrons. The molecule has 0 amide bonds. The summed E-state index contributed by atoms with van der Waals surface area (Å²) in [6.07, 6.45) is 0.742. The molecule has 3 rings (SSSR count). The molecular weight excluding hydrogens is 404 g/mol. The zero-order valence-electron chi connectivity index (χ0n) is 14.7. The minimum Gasteiger partial charge on any atom is -0.334 e. The van der Waals surface area contributed by atoms with Crippen LogP contribution in [0.15, 0.2) is 39.3 Å². The minimum atomic E-state index is 0. The summed E-state index contributed by atoms with van der Waals surface area (Å²) in [4.78, 5) is 4.55. The summed E-state index contributed by atoms with van der Waals surface area (Å²) in [5, 5.41) is 7.29. The van der Waals surface area contributed by atoms with Crippen molar-refractivity contribution in [3.63, 3.8) is 0 Å². The Morgan fingerprint density at radius 1 is 1.24 bits per heavy atom. The van der Waals surface area contributed by atoms with Crippen LogP contribution in [-0.2, 0) is 6.42 Å². The first-order valence-corrected chi connectivity index (χ1v) is 8.74. The molecule has 7 heteroatoms. The highest BCUT2D eigenvalue weighted by Crippen LogP contribution is 2.29. The fourth-order valence-electron chi connectivity index (χ4n) is 2.79. The van der Waals surface area contributed by atoms with Gasteiger partial charge < -0.3 is 14.4 Å². The van der Waals surface area contributed by atoms with Crippen LogP contribution < -0.4 is 5.32 Å². The fourth-order valence-corrected chi connectivity index (χ4v) is 3.05. The van der Waals surface area contributed by atoms with Crippen molar-refractivity contribution in [2.75, 3.05) is 7.05 Å². The second-order valence-electron chi connectivity index (χ2n) is 6.01. The first-order chi connectivity index (χ1) is 11.5. The predicted molar refractivity (Wildman–Crippen MR) is 106 cm³/mol. The number of hydrogen-bond donors (Lipinski definition) is 1. The maximum absolute atomic E-state index is 5.49. The number of halogens is 2. The lowest BCUT2D eigenvalue weighted by Crippen LogP contribution is -2.24. The van der Waals surface area contributed by atoms with Crippen LogP contribution in [0.1, 0.15) is 24.1 Å². The molecule has 5 nitrogen and oxygen atoms in total. The molecule has 0 spiro atoms. The lowest BCUT2D eigenvalue weighted by atomic mass is 10.2. The van der Waals surface area contributed by atoms with E-state index in [9.17, 15) is 0 Å². The zero-order valence-corrected chi connectivity index (χ0v) is 17.1. The number of hydrogen-bond acceptors (Lipinski definition) is 4. The van der Waals surface area contributed by atoms with Crippen molar-refractivity contribution in [3.05, 3.63) is 52.0 Å². The van der Waals surface area contributed by atoms with E-state index in [2.05, 4.69) is 74.9 Å². The quantitative estimate of drug-likeness (QED) is 0.655. The Morgan fingerprint density at radius 3 is 2.56 bits per heavy atom. The van der Waals surface area contributed by atoms with E-state index in [-0.39, 0.29) is 12.4 Å². The lowest BCUT2D eigenvalue weighted by Gasteiger charge is -2.09. The highest BCUT2D eigenvalue weighted by Gasteiger charge is 2.18. The Bertz CT molecular complexity index is 841. The molecule has 1 N–H and O–H groups in total. The average molecular weight is 426 g/mol. The first-order valence-electron chi connectivity index (χ1n) is 7.94. The largest absolute Gasteiger partial charge is 0.334 e. The van der Waals surface area contributed by atoms with Crippen LogP contribution in [0.25, 0.3) is 17.1 Å². The van der Waals surface area contributed by atoms with Crippen molar-refractivity contribution < 1.29 is 4.52 Å². The van der Waals surface area contributed by atoms with Gasteiger partial charge in [0.1, 0.15) is 0 Å². The Labute approximate surface area is 162 Å². The van der Waals surface area contributed by atoms with Crippen LogP contribution in [0.5, 0.6) is 0 Å². The Kier molecular flexibility index (Phi) is 6.43. The lowest BCUT2D eigenvalue weighted by molar-refractivity contribution is 0.418. The number of likely N-dealkylation sites (N-methyl/N-ethyl adjacent to an activating group) is 1. The summed E-state index contributed by atoms with van der Waals surface area (Å²) < 4.78 is 8.75. The molecule has 0 bridgehead atoms. The molecule has 2 heterocycles. The van der Waals surface area contributed by atoms with E-state index < -0.39 is 0 Å². The molecule has 3 aromatic rings. The van der Waals surface area contributed by atoms with Gasteiger partial charge in [-0.25, -0.2) is 0 Å². The molecule has 1 atom stereocenters. The molecule has 1 unspecified atom stereocenters. The maximum Gasteiger partial charge on any atom is 0.259 e. The molecule has 134 valence electrons. The van der Waals surface area contributed by atoms with Crippen molar-refractivity contribution in [3.8, 4) is 17.1 Å². The van der Waals surface area contributed by atoms with Crippen LogP contribution in [-0.4, -0.2) is 27.8 Å². The third-order valence-electron chi connectivity index (χ3n) is 4.20. The molecular formula is C18H22BrClN4O. The summed E-state index contributed by atoms with van der Waals surface area (Å²) in [6.45, 7) is 6.25. The van der Waals surface area contributed by atoms with Gasteiger partial charge in [-0.2, -0.15) is 4.98 Å². The summed E-state index contributed by atoms with van der Waals surface area (Å²) in [7, 11) is 1.93. The number of aryl methyl sites for hydroxylation is 1. The number of nitrogens with zero attached hydrogens (tertiary/aromatic N) is 3. The number of nitrogens with one attached hydrogen (secondary N) is 1. The van der Waals surface area contributed by atoms with Gasteiger partial charge in [0, 0.05) is 34.0 Å². The van der Waals surface area contributed by atoms with E-state index in [0.29, 0.717) is 11.9 Å². The monoisotopic (exact) mass is 424 g/mol. The molecule has 0 aliphatic heterocycles. The standard InChI is InChI=1S/C18H21BrN4O.ClH/c1-11(20-4)9-17-21-18(24-22-17)16-10-12(2)23(13(16)3)15-7-5-14(19)6-8-15;/h5-8,10-11,20H,9H2,1-4H3;1H. The van der Waals surface area contributed by atoms with Gasteiger partial charge in [-0.05, 0) is 58.2 Å². The molecule has 0 saturated heterocycles. The molecule has 0 saturated carbocycles. The normalized spacial score (nSPS) is 12.0. The Hall–Kier alpha value is -1.63. The maximum atomic E-state index is 5.49. The van der Waals surface area contributed by atoms with E-state index in [1.807, 2.05) is 19.2 Å². The third-order valence-corrected chi connectivity index (χ3v) is 4.72. The van der Waals surface area contributed by atoms with Gasteiger partial charge in [0.15, 0.2) is 5.82 Å². The molecule has 1 aromatic carbocycles. The van der Waals surface area contributed by atoms with Crippen LogP contribution in [0.4, 0.5) is 0 Å². The van der Waals surface area contributed by atoms with E-state index in [4.69, 9.17) is 4.52 Å². The topological polar surface area (TPSA) is 55.9 Å². The minimum absolute atomic E-state index is 0. The first kappa shape index (κ1) is 19.7. The zero-order chi connectivity index (χ0) is 17.3. The average Bonchev–Trinajstić information content (AvgIpc) is 3.13. The van der Waals surface area contributed by atoms with Gasteiger partial charge in [0.25, 0.3) is 5.89 Å². The van der Waals surface area contributed by atoms with Crippen LogP contribution in [0, 0.1) is 13.8 Å². The SMILES string of the molecule is CNC(C)Cc1noc(-c2cc(C)n(-c3ccc(Br)cc3)c2C)n1.Cl. The van der Waals surface area contributed by atoms with Crippen LogP contribution >= 0.6 is 28.3 Å². The molecule has 0 aliphatic rings.